The molecule has 1 aromatic rings. The van der Waals surface area contributed by atoms with Crippen LogP contribution in [-0.4, -0.2) is 31.1 Å². The number of hydrogen-bond donors (Lipinski definition) is 3. The van der Waals surface area contributed by atoms with E-state index in [1.165, 1.54) is 32.1 Å². The molecule has 1 saturated carbocycles. The van der Waals surface area contributed by atoms with E-state index in [0.717, 1.165) is 24.6 Å². The summed E-state index contributed by atoms with van der Waals surface area (Å²) in [5, 5.41) is 7.83. The van der Waals surface area contributed by atoms with Gasteiger partial charge in [0, 0.05) is 19.0 Å². The molecule has 1 aliphatic carbocycles. The van der Waals surface area contributed by atoms with Gasteiger partial charge in [0.25, 0.3) is 0 Å². The van der Waals surface area contributed by atoms with Gasteiger partial charge in [0.15, 0.2) is 0 Å². The highest BCUT2D eigenvalue weighted by atomic mass is 19.1. The molecule has 152 valence electrons. The van der Waals surface area contributed by atoms with Crippen molar-refractivity contribution in [2.45, 2.75) is 51.0 Å². The van der Waals surface area contributed by atoms with Gasteiger partial charge in [0.2, 0.25) is 5.91 Å². The molecule has 0 heterocycles. The molecule has 0 spiro atoms. The fourth-order valence-electron chi connectivity index (χ4n) is 3.51. The van der Waals surface area contributed by atoms with Gasteiger partial charge in [0.1, 0.15) is 17.7 Å². The van der Waals surface area contributed by atoms with Crippen molar-refractivity contribution in [1.82, 2.24) is 16.0 Å². The Balaban J connectivity index is 1.91. The highest BCUT2D eigenvalue weighted by Gasteiger charge is 2.22. The van der Waals surface area contributed by atoms with E-state index in [2.05, 4.69) is 21.9 Å². The van der Waals surface area contributed by atoms with Crippen molar-refractivity contribution in [3.63, 3.8) is 0 Å². The van der Waals surface area contributed by atoms with Crippen LogP contribution >= 0.6 is 0 Å². The number of carbonyl (C=O) groups is 2. The lowest BCUT2D eigenvalue weighted by molar-refractivity contribution is -0.122. The molecular formula is C21H27F2N3O2. The van der Waals surface area contributed by atoms with Crippen LogP contribution in [-0.2, 0) is 11.2 Å². The van der Waals surface area contributed by atoms with Crippen LogP contribution in [0.3, 0.4) is 0 Å². The molecule has 28 heavy (non-hydrogen) atoms. The van der Waals surface area contributed by atoms with Crippen LogP contribution in [0.1, 0.15) is 44.1 Å². The van der Waals surface area contributed by atoms with Crippen molar-refractivity contribution in [3.8, 4) is 12.3 Å². The van der Waals surface area contributed by atoms with Crippen LogP contribution in [0.15, 0.2) is 18.2 Å². The fourth-order valence-corrected chi connectivity index (χ4v) is 3.51. The summed E-state index contributed by atoms with van der Waals surface area (Å²) in [5.41, 5.74) is 0.265. The molecule has 3 N–H and O–H groups in total. The Morgan fingerprint density at radius 2 is 1.79 bits per heavy atom. The number of nitrogens with one attached hydrogen (secondary N) is 3. The van der Waals surface area contributed by atoms with Gasteiger partial charge in [-0.15, -0.1) is 6.42 Å². The van der Waals surface area contributed by atoms with E-state index in [4.69, 9.17) is 6.42 Å². The third kappa shape index (κ3) is 7.55. The van der Waals surface area contributed by atoms with E-state index >= 15 is 0 Å². The summed E-state index contributed by atoms with van der Waals surface area (Å²) in [5.74, 6) is 0.912. The zero-order valence-corrected chi connectivity index (χ0v) is 15.9. The zero-order chi connectivity index (χ0) is 20.4. The molecule has 0 aromatic heterocycles. The van der Waals surface area contributed by atoms with Crippen molar-refractivity contribution in [3.05, 3.63) is 35.4 Å². The second kappa shape index (κ2) is 11.3. The topological polar surface area (TPSA) is 70.2 Å². The number of urea groups is 1. The summed E-state index contributed by atoms with van der Waals surface area (Å²) in [4.78, 5) is 24.5. The SMILES string of the molecule is C#CCNC(=O)[C@H](Cc1cc(F)cc(F)c1)NC(=O)NCCC1CCCCC1. The maximum absolute atomic E-state index is 13.4. The highest BCUT2D eigenvalue weighted by molar-refractivity contribution is 5.87. The summed E-state index contributed by atoms with van der Waals surface area (Å²) in [6.45, 7) is 0.515. The van der Waals surface area contributed by atoms with Gasteiger partial charge < -0.3 is 16.0 Å². The van der Waals surface area contributed by atoms with Crippen LogP contribution in [0.25, 0.3) is 0 Å². The average molecular weight is 391 g/mol. The van der Waals surface area contributed by atoms with E-state index in [9.17, 15) is 18.4 Å². The first-order valence-electron chi connectivity index (χ1n) is 9.68. The Hall–Kier alpha value is -2.62. The number of halogens is 2. The van der Waals surface area contributed by atoms with Crippen molar-refractivity contribution >= 4 is 11.9 Å². The predicted octanol–water partition coefficient (Wildman–Crippen LogP) is 2.89. The van der Waals surface area contributed by atoms with E-state index < -0.39 is 29.6 Å². The summed E-state index contributed by atoms with van der Waals surface area (Å²) < 4.78 is 26.8. The molecule has 0 unspecified atom stereocenters. The summed E-state index contributed by atoms with van der Waals surface area (Å²) in [6, 6.07) is 1.53. The van der Waals surface area contributed by atoms with Crippen LogP contribution in [0, 0.1) is 29.9 Å². The molecule has 2 rings (SSSR count). The minimum atomic E-state index is -0.996. The number of benzene rings is 1. The predicted molar refractivity (Wildman–Crippen MR) is 103 cm³/mol. The Morgan fingerprint density at radius 1 is 1.11 bits per heavy atom. The van der Waals surface area contributed by atoms with Gasteiger partial charge in [0.05, 0.1) is 6.54 Å². The first-order valence-corrected chi connectivity index (χ1v) is 9.68. The molecule has 1 aliphatic rings. The lowest BCUT2D eigenvalue weighted by Crippen LogP contribution is -2.51. The van der Waals surface area contributed by atoms with E-state index in [1.54, 1.807) is 0 Å². The third-order valence-electron chi connectivity index (χ3n) is 4.91. The third-order valence-corrected chi connectivity index (χ3v) is 4.91. The van der Waals surface area contributed by atoms with Crippen molar-refractivity contribution in [1.29, 1.82) is 0 Å². The Labute approximate surface area is 164 Å². The number of terminal acetylenes is 1. The Kier molecular flexibility index (Phi) is 8.73. The Morgan fingerprint density at radius 3 is 2.43 bits per heavy atom. The standard InChI is InChI=1S/C21H27F2N3O2/c1-2-9-24-20(27)19(13-16-11-17(22)14-18(23)12-16)26-21(28)25-10-8-15-6-4-3-5-7-15/h1,11-12,14-15,19H,3-10,13H2,(H,24,27)(H2,25,26,28)/t19-/m0/s1. The smallest absolute Gasteiger partial charge is 0.315 e. The fraction of sp³-hybridized carbons (Fsp3) is 0.524. The number of carbonyl (C=O) groups excluding carboxylic acids is 2. The number of hydrogen-bond acceptors (Lipinski definition) is 2. The van der Waals surface area contributed by atoms with Gasteiger partial charge in [-0.05, 0) is 30.0 Å². The minimum absolute atomic E-state index is 0.00216. The van der Waals surface area contributed by atoms with Crippen molar-refractivity contribution in [2.24, 2.45) is 5.92 Å². The van der Waals surface area contributed by atoms with E-state index in [-0.39, 0.29) is 18.5 Å². The largest absolute Gasteiger partial charge is 0.343 e. The van der Waals surface area contributed by atoms with Gasteiger partial charge in [-0.3, -0.25) is 4.79 Å². The van der Waals surface area contributed by atoms with Crippen molar-refractivity contribution in [2.75, 3.05) is 13.1 Å². The maximum atomic E-state index is 13.4. The minimum Gasteiger partial charge on any atom is -0.343 e. The zero-order valence-electron chi connectivity index (χ0n) is 15.9. The second-order valence-corrected chi connectivity index (χ2v) is 7.15. The molecule has 1 atom stereocenters. The molecule has 1 aromatic carbocycles. The normalized spacial score (nSPS) is 15.3. The Bertz CT molecular complexity index is 692. The quantitative estimate of drug-likeness (QED) is 0.597. The molecule has 7 heteroatoms. The number of amides is 3. The molecule has 0 radical (unpaired) electrons. The second-order valence-electron chi connectivity index (χ2n) is 7.15. The molecule has 3 amide bonds. The summed E-state index contributed by atoms with van der Waals surface area (Å²) in [7, 11) is 0. The van der Waals surface area contributed by atoms with Crippen LogP contribution < -0.4 is 16.0 Å². The van der Waals surface area contributed by atoms with Crippen LogP contribution in [0.5, 0.6) is 0 Å². The van der Waals surface area contributed by atoms with Gasteiger partial charge >= 0.3 is 6.03 Å². The molecule has 0 aliphatic heterocycles. The van der Waals surface area contributed by atoms with Crippen molar-refractivity contribution < 1.29 is 18.4 Å². The lowest BCUT2D eigenvalue weighted by Gasteiger charge is -2.22. The molecule has 0 saturated heterocycles. The molecule has 5 nitrogen and oxygen atoms in total. The highest BCUT2D eigenvalue weighted by Crippen LogP contribution is 2.25. The van der Waals surface area contributed by atoms with E-state index in [0.29, 0.717) is 12.5 Å². The lowest BCUT2D eigenvalue weighted by atomic mass is 9.87. The van der Waals surface area contributed by atoms with Gasteiger partial charge in [-0.2, -0.15) is 0 Å². The average Bonchev–Trinajstić information content (AvgIpc) is 2.65. The van der Waals surface area contributed by atoms with Crippen LogP contribution in [0.2, 0.25) is 0 Å². The van der Waals surface area contributed by atoms with Gasteiger partial charge in [-0.25, -0.2) is 13.6 Å². The number of rotatable bonds is 8. The summed E-state index contributed by atoms with van der Waals surface area (Å²) in [6.07, 6.45) is 12.1. The maximum Gasteiger partial charge on any atom is 0.315 e. The molecule has 0 bridgehead atoms. The molecular weight excluding hydrogens is 364 g/mol. The van der Waals surface area contributed by atoms with Crippen LogP contribution in [0.4, 0.5) is 13.6 Å². The van der Waals surface area contributed by atoms with Gasteiger partial charge in [-0.1, -0.05) is 38.0 Å². The first kappa shape index (κ1) is 21.7. The first-order chi connectivity index (χ1) is 13.5. The monoisotopic (exact) mass is 391 g/mol. The summed E-state index contributed by atoms with van der Waals surface area (Å²) >= 11 is 0. The molecule has 1 fully saturated rings. The van der Waals surface area contributed by atoms with E-state index in [1.807, 2.05) is 0 Å².